The van der Waals surface area contributed by atoms with Gasteiger partial charge in [0.05, 0.1) is 5.60 Å². The Morgan fingerprint density at radius 3 is 1.08 bits per heavy atom. The van der Waals surface area contributed by atoms with Crippen molar-refractivity contribution < 1.29 is 9.78 Å². The van der Waals surface area contributed by atoms with Gasteiger partial charge in [-0.15, -0.1) is 0 Å². The van der Waals surface area contributed by atoms with Crippen molar-refractivity contribution in [2.45, 2.75) is 32.0 Å². The third-order valence-corrected chi connectivity index (χ3v) is 3.96. The Morgan fingerprint density at radius 2 is 0.800 bits per heavy atom. The zero-order valence-electron chi connectivity index (χ0n) is 15.0. The van der Waals surface area contributed by atoms with Crippen molar-refractivity contribution in [3.8, 4) is 0 Å². The van der Waals surface area contributed by atoms with Crippen LogP contribution >= 0.6 is 0 Å². The van der Waals surface area contributed by atoms with E-state index in [1.54, 1.807) is 0 Å². The second-order valence-electron chi connectivity index (χ2n) is 7.06. The first-order valence-corrected chi connectivity index (χ1v) is 8.56. The van der Waals surface area contributed by atoms with Crippen LogP contribution in [-0.4, -0.2) is 5.60 Å². The van der Waals surface area contributed by atoms with Crippen molar-refractivity contribution in [3.63, 3.8) is 0 Å². The van der Waals surface area contributed by atoms with Crippen molar-refractivity contribution in [2.75, 3.05) is 0 Å². The molecule has 0 aliphatic carbocycles. The summed E-state index contributed by atoms with van der Waals surface area (Å²) >= 11 is 0. The van der Waals surface area contributed by atoms with Gasteiger partial charge in [-0.3, -0.25) is 0 Å². The van der Waals surface area contributed by atoms with E-state index in [1.807, 2.05) is 75.4 Å². The minimum Gasteiger partial charge on any atom is -0.229 e. The fraction of sp³-hybridized carbons (Fsp3) is 0.217. The van der Waals surface area contributed by atoms with Crippen molar-refractivity contribution in [1.29, 1.82) is 0 Å². The fourth-order valence-corrected chi connectivity index (χ4v) is 2.85. The molecule has 0 heterocycles. The second-order valence-corrected chi connectivity index (χ2v) is 7.06. The van der Waals surface area contributed by atoms with E-state index in [9.17, 15) is 0 Å². The number of rotatable bonds is 5. The van der Waals surface area contributed by atoms with Gasteiger partial charge >= 0.3 is 0 Å². The van der Waals surface area contributed by atoms with Gasteiger partial charge in [-0.1, -0.05) is 91.0 Å². The molecule has 2 heteroatoms. The van der Waals surface area contributed by atoms with Gasteiger partial charge in [0.15, 0.2) is 5.60 Å². The molecule has 0 aliphatic heterocycles. The minimum absolute atomic E-state index is 0.427. The van der Waals surface area contributed by atoms with E-state index < -0.39 is 11.2 Å². The molecule has 0 bridgehead atoms. The summed E-state index contributed by atoms with van der Waals surface area (Å²) in [7, 11) is 0. The first kappa shape index (κ1) is 17.4. The van der Waals surface area contributed by atoms with E-state index in [1.165, 1.54) is 0 Å². The Kier molecular flexibility index (Phi) is 5.03. The van der Waals surface area contributed by atoms with Crippen molar-refractivity contribution >= 4 is 0 Å². The SMILES string of the molecule is CC(C)(C)OOC(c1ccccc1)(c1ccccc1)c1ccccc1. The summed E-state index contributed by atoms with van der Waals surface area (Å²) in [6, 6.07) is 30.6. The van der Waals surface area contributed by atoms with Crippen LogP contribution in [0.25, 0.3) is 0 Å². The molecule has 3 aromatic carbocycles. The molecule has 0 spiro atoms. The molecule has 0 atom stereocenters. The van der Waals surface area contributed by atoms with Crippen LogP contribution in [0.1, 0.15) is 37.5 Å². The molecule has 0 saturated carbocycles. The van der Waals surface area contributed by atoms with Crippen LogP contribution in [0.5, 0.6) is 0 Å². The fourth-order valence-electron chi connectivity index (χ4n) is 2.85. The van der Waals surface area contributed by atoms with Crippen molar-refractivity contribution in [3.05, 3.63) is 108 Å². The smallest absolute Gasteiger partial charge is 0.179 e. The molecule has 0 fully saturated rings. The first-order chi connectivity index (χ1) is 12.0. The Labute approximate surface area is 150 Å². The lowest BCUT2D eigenvalue weighted by Gasteiger charge is -2.36. The summed E-state index contributed by atoms with van der Waals surface area (Å²) in [4.78, 5) is 12.1. The summed E-state index contributed by atoms with van der Waals surface area (Å²) in [5.41, 5.74) is 1.81. The summed E-state index contributed by atoms with van der Waals surface area (Å²) in [5.74, 6) is 0. The molecule has 0 aliphatic rings. The van der Waals surface area contributed by atoms with Crippen LogP contribution in [0.4, 0.5) is 0 Å². The van der Waals surface area contributed by atoms with Gasteiger partial charge in [-0.2, -0.15) is 0 Å². The zero-order chi connectivity index (χ0) is 17.8. The average molecular weight is 332 g/mol. The van der Waals surface area contributed by atoms with Crippen molar-refractivity contribution in [1.82, 2.24) is 0 Å². The molecular weight excluding hydrogens is 308 g/mol. The lowest BCUT2D eigenvalue weighted by Crippen LogP contribution is -2.36. The van der Waals surface area contributed by atoms with Gasteiger partial charge in [0, 0.05) is 0 Å². The molecule has 3 aromatic rings. The van der Waals surface area contributed by atoms with E-state index in [2.05, 4.69) is 36.4 Å². The van der Waals surface area contributed by atoms with Crippen LogP contribution in [0, 0.1) is 0 Å². The van der Waals surface area contributed by atoms with Crippen LogP contribution in [0.3, 0.4) is 0 Å². The Balaban J connectivity index is 2.24. The van der Waals surface area contributed by atoms with Crippen LogP contribution in [0.2, 0.25) is 0 Å². The standard InChI is InChI=1S/C23H24O2/c1-22(2,3)24-25-23(19-13-7-4-8-14-19,20-15-9-5-10-16-20)21-17-11-6-12-18-21/h4-18H,1-3H3. The highest BCUT2D eigenvalue weighted by Gasteiger charge is 2.40. The largest absolute Gasteiger partial charge is 0.229 e. The van der Waals surface area contributed by atoms with E-state index in [-0.39, 0.29) is 0 Å². The monoisotopic (exact) mass is 332 g/mol. The highest BCUT2D eigenvalue weighted by atomic mass is 17.2. The highest BCUT2D eigenvalue weighted by Crippen LogP contribution is 2.41. The topological polar surface area (TPSA) is 18.5 Å². The number of hydrogen-bond acceptors (Lipinski definition) is 2. The predicted molar refractivity (Wildman–Crippen MR) is 101 cm³/mol. The summed E-state index contributed by atoms with van der Waals surface area (Å²) in [6.07, 6.45) is 0. The first-order valence-electron chi connectivity index (χ1n) is 8.56. The Hall–Kier alpha value is -2.42. The number of hydrogen-bond donors (Lipinski definition) is 0. The van der Waals surface area contributed by atoms with Crippen LogP contribution < -0.4 is 0 Å². The van der Waals surface area contributed by atoms with Gasteiger partial charge in [-0.05, 0) is 37.5 Å². The predicted octanol–water partition coefficient (Wildman–Crippen LogP) is 5.73. The molecule has 0 aromatic heterocycles. The van der Waals surface area contributed by atoms with E-state index in [0.717, 1.165) is 16.7 Å². The van der Waals surface area contributed by atoms with Crippen LogP contribution in [0.15, 0.2) is 91.0 Å². The molecule has 128 valence electrons. The lowest BCUT2D eigenvalue weighted by atomic mass is 9.80. The molecule has 0 saturated heterocycles. The van der Waals surface area contributed by atoms with Gasteiger partial charge in [0.1, 0.15) is 0 Å². The molecule has 0 amide bonds. The van der Waals surface area contributed by atoms with Gasteiger partial charge < -0.3 is 0 Å². The quantitative estimate of drug-likeness (QED) is 0.338. The van der Waals surface area contributed by atoms with E-state index in [4.69, 9.17) is 9.78 Å². The van der Waals surface area contributed by atoms with E-state index in [0.29, 0.717) is 0 Å². The highest BCUT2D eigenvalue weighted by molar-refractivity contribution is 5.47. The molecule has 2 nitrogen and oxygen atoms in total. The Bertz CT molecular complexity index is 678. The van der Waals surface area contributed by atoms with E-state index >= 15 is 0 Å². The minimum atomic E-state index is -0.836. The normalized spacial score (nSPS) is 12.1. The maximum Gasteiger partial charge on any atom is 0.179 e. The van der Waals surface area contributed by atoms with Gasteiger partial charge in [0.25, 0.3) is 0 Å². The molecule has 0 unspecified atom stereocenters. The molecule has 0 N–H and O–H groups in total. The van der Waals surface area contributed by atoms with Crippen LogP contribution in [-0.2, 0) is 15.4 Å². The molecule has 0 radical (unpaired) electrons. The summed E-state index contributed by atoms with van der Waals surface area (Å²) in [5, 5.41) is 0. The maximum absolute atomic E-state index is 6.25. The second kappa shape index (κ2) is 7.22. The number of benzene rings is 3. The summed E-state index contributed by atoms with van der Waals surface area (Å²) < 4.78 is 0. The lowest BCUT2D eigenvalue weighted by molar-refractivity contribution is -0.390. The average Bonchev–Trinajstić information content (AvgIpc) is 2.64. The Morgan fingerprint density at radius 1 is 0.480 bits per heavy atom. The van der Waals surface area contributed by atoms with Gasteiger partial charge in [-0.25, -0.2) is 9.78 Å². The third-order valence-electron chi connectivity index (χ3n) is 3.96. The molecule has 25 heavy (non-hydrogen) atoms. The van der Waals surface area contributed by atoms with Gasteiger partial charge in [0.2, 0.25) is 0 Å². The molecular formula is C23H24O2. The maximum atomic E-state index is 6.25. The van der Waals surface area contributed by atoms with Crippen molar-refractivity contribution in [2.24, 2.45) is 0 Å². The zero-order valence-corrected chi connectivity index (χ0v) is 15.0. The summed E-state index contributed by atoms with van der Waals surface area (Å²) in [6.45, 7) is 5.95. The third kappa shape index (κ3) is 3.81. The molecule has 3 rings (SSSR count).